The maximum atomic E-state index is 13.6. The summed E-state index contributed by atoms with van der Waals surface area (Å²) >= 11 is 6.45. The van der Waals surface area contributed by atoms with E-state index >= 15 is 0 Å². The molecular weight excluding hydrogens is 368 g/mol. The summed E-state index contributed by atoms with van der Waals surface area (Å²) in [5.41, 5.74) is 1.27. The van der Waals surface area contributed by atoms with Crippen LogP contribution in [0.25, 0.3) is 0 Å². The van der Waals surface area contributed by atoms with E-state index in [4.69, 9.17) is 0 Å². The van der Waals surface area contributed by atoms with Gasteiger partial charge in [-0.1, -0.05) is 22.0 Å². The van der Waals surface area contributed by atoms with Crippen molar-refractivity contribution >= 4 is 37.5 Å². The molecule has 2 aromatic rings. The molecule has 0 aliphatic carbocycles. The van der Waals surface area contributed by atoms with Gasteiger partial charge in [0.2, 0.25) is 0 Å². The average molecular weight is 377 g/mol. The van der Waals surface area contributed by atoms with E-state index in [1.807, 2.05) is 0 Å². The molecule has 2 rings (SSSR count). The second-order valence-electron chi connectivity index (χ2n) is 3.71. The Kier molecular flexibility index (Phi) is 4.35. The molecule has 18 heavy (non-hydrogen) atoms. The molecule has 0 aliphatic heterocycles. The molecule has 2 aromatic carbocycles. The molecule has 0 unspecified atom stereocenters. The molecule has 0 fully saturated rings. The van der Waals surface area contributed by atoms with Crippen LogP contribution in [0.4, 0.5) is 14.5 Å². The van der Waals surface area contributed by atoms with Gasteiger partial charge in [0.25, 0.3) is 0 Å². The van der Waals surface area contributed by atoms with Crippen molar-refractivity contribution in [3.05, 3.63) is 62.5 Å². The molecule has 0 atom stereocenters. The topological polar surface area (TPSA) is 12.0 Å². The van der Waals surface area contributed by atoms with Gasteiger partial charge in [0.05, 0.1) is 0 Å². The number of benzene rings is 2. The normalized spacial score (nSPS) is 10.4. The smallest absolute Gasteiger partial charge is 0.129 e. The van der Waals surface area contributed by atoms with Crippen LogP contribution in [-0.4, -0.2) is 0 Å². The number of hydrogen-bond donors (Lipinski definition) is 1. The van der Waals surface area contributed by atoms with Crippen LogP contribution in [0.1, 0.15) is 5.56 Å². The Morgan fingerprint density at radius 1 is 1.00 bits per heavy atom. The fourth-order valence-electron chi connectivity index (χ4n) is 1.49. The number of halogens is 4. The zero-order valence-electron chi connectivity index (χ0n) is 9.18. The minimum Gasteiger partial charge on any atom is -0.380 e. The maximum absolute atomic E-state index is 13.6. The molecule has 0 amide bonds. The van der Waals surface area contributed by atoms with Crippen LogP contribution in [0.15, 0.2) is 45.3 Å². The summed E-state index contributed by atoms with van der Waals surface area (Å²) in [5, 5.41) is 3.05. The second kappa shape index (κ2) is 5.80. The van der Waals surface area contributed by atoms with Crippen LogP contribution >= 0.6 is 31.9 Å². The van der Waals surface area contributed by atoms with Crippen LogP contribution in [0.5, 0.6) is 0 Å². The Morgan fingerprint density at radius 3 is 2.44 bits per heavy atom. The third-order valence-electron chi connectivity index (χ3n) is 2.42. The molecule has 0 aromatic heterocycles. The molecule has 0 heterocycles. The summed E-state index contributed by atoms with van der Waals surface area (Å²) in [7, 11) is 0. The lowest BCUT2D eigenvalue weighted by molar-refractivity contribution is 0.612. The fourth-order valence-corrected chi connectivity index (χ4v) is 2.31. The minimum absolute atomic E-state index is 0.282. The van der Waals surface area contributed by atoms with Crippen LogP contribution in [-0.2, 0) is 6.54 Å². The van der Waals surface area contributed by atoms with Gasteiger partial charge in [0.15, 0.2) is 0 Å². The maximum Gasteiger partial charge on any atom is 0.129 e. The van der Waals surface area contributed by atoms with Gasteiger partial charge in [-0.25, -0.2) is 8.78 Å². The summed E-state index contributed by atoms with van der Waals surface area (Å²) in [4.78, 5) is 0. The van der Waals surface area contributed by atoms with Crippen molar-refractivity contribution in [1.82, 2.24) is 0 Å². The number of nitrogens with one attached hydrogen (secondary N) is 1. The summed E-state index contributed by atoms with van der Waals surface area (Å²) < 4.78 is 27.8. The van der Waals surface area contributed by atoms with Crippen molar-refractivity contribution in [3.63, 3.8) is 0 Å². The van der Waals surface area contributed by atoms with Crippen LogP contribution in [0.2, 0.25) is 0 Å². The summed E-state index contributed by atoms with van der Waals surface area (Å²) in [5.74, 6) is -0.600. The lowest BCUT2D eigenvalue weighted by Gasteiger charge is -2.09. The Balaban J connectivity index is 2.11. The van der Waals surface area contributed by atoms with Gasteiger partial charge in [-0.15, -0.1) is 0 Å². The molecule has 94 valence electrons. The number of anilines is 1. The van der Waals surface area contributed by atoms with Gasteiger partial charge in [-0.05, 0) is 46.3 Å². The lowest BCUT2D eigenvalue weighted by atomic mass is 10.2. The predicted molar refractivity (Wildman–Crippen MR) is 75.5 cm³/mol. The van der Waals surface area contributed by atoms with E-state index in [9.17, 15) is 8.78 Å². The largest absolute Gasteiger partial charge is 0.380 e. The van der Waals surface area contributed by atoms with Crippen molar-refractivity contribution in [2.45, 2.75) is 6.54 Å². The highest BCUT2D eigenvalue weighted by atomic mass is 79.9. The zero-order chi connectivity index (χ0) is 13.1. The van der Waals surface area contributed by atoms with Crippen LogP contribution < -0.4 is 5.32 Å². The molecule has 1 N–H and O–H groups in total. The predicted octanol–water partition coefficient (Wildman–Crippen LogP) is 5.10. The highest BCUT2D eigenvalue weighted by Gasteiger charge is 2.05. The van der Waals surface area contributed by atoms with E-state index < -0.39 is 0 Å². The van der Waals surface area contributed by atoms with Gasteiger partial charge in [-0.3, -0.25) is 0 Å². The Bertz CT molecular complexity index is 521. The van der Waals surface area contributed by atoms with E-state index in [1.54, 1.807) is 18.2 Å². The van der Waals surface area contributed by atoms with Gasteiger partial charge in [0.1, 0.15) is 11.6 Å². The second-order valence-corrected chi connectivity index (χ2v) is 5.48. The van der Waals surface area contributed by atoms with Gasteiger partial charge >= 0.3 is 0 Å². The quantitative estimate of drug-likeness (QED) is 0.785. The number of rotatable bonds is 3. The molecule has 0 aliphatic rings. The molecule has 0 radical (unpaired) electrons. The summed E-state index contributed by atoms with van der Waals surface area (Å²) in [6, 6.07) is 9.21. The highest BCUT2D eigenvalue weighted by Crippen LogP contribution is 2.24. The van der Waals surface area contributed by atoms with Crippen molar-refractivity contribution in [2.75, 3.05) is 5.32 Å². The van der Waals surface area contributed by atoms with E-state index in [0.717, 1.165) is 5.69 Å². The third-order valence-corrected chi connectivity index (χ3v) is 3.56. The fraction of sp³-hybridized carbons (Fsp3) is 0.0769. The summed E-state index contributed by atoms with van der Waals surface area (Å²) in [6.07, 6.45) is 0. The van der Waals surface area contributed by atoms with Crippen molar-refractivity contribution in [3.8, 4) is 0 Å². The molecule has 1 nitrogen and oxygen atoms in total. The molecular formula is C13H9Br2F2N. The molecule has 0 bridgehead atoms. The van der Waals surface area contributed by atoms with Crippen LogP contribution in [0.3, 0.4) is 0 Å². The molecule has 0 saturated heterocycles. The number of hydrogen-bond acceptors (Lipinski definition) is 1. The van der Waals surface area contributed by atoms with Gasteiger partial charge in [-0.2, -0.15) is 0 Å². The minimum atomic E-state index is -0.317. The van der Waals surface area contributed by atoms with E-state index in [0.29, 0.717) is 21.1 Å². The first-order chi connectivity index (χ1) is 8.56. The summed E-state index contributed by atoms with van der Waals surface area (Å²) in [6.45, 7) is 0.337. The highest BCUT2D eigenvalue weighted by molar-refractivity contribution is 9.10. The average Bonchev–Trinajstić information content (AvgIpc) is 2.30. The van der Waals surface area contributed by atoms with Crippen molar-refractivity contribution in [1.29, 1.82) is 0 Å². The van der Waals surface area contributed by atoms with Crippen LogP contribution in [0, 0.1) is 11.6 Å². The van der Waals surface area contributed by atoms with Crippen molar-refractivity contribution in [2.24, 2.45) is 0 Å². The Hall–Kier alpha value is -0.940. The van der Waals surface area contributed by atoms with Gasteiger partial charge < -0.3 is 5.32 Å². The standard InChI is InChI=1S/C13H9Br2F2N/c14-9-2-1-8(12(17)5-9)7-18-13-4-3-10(16)6-11(13)15/h1-6,18H,7H2. The first-order valence-electron chi connectivity index (χ1n) is 5.19. The van der Waals surface area contributed by atoms with E-state index in [-0.39, 0.29) is 11.6 Å². The first kappa shape index (κ1) is 13.5. The molecule has 0 saturated carbocycles. The Labute approximate surface area is 120 Å². The third kappa shape index (κ3) is 3.29. The lowest BCUT2D eigenvalue weighted by Crippen LogP contribution is -2.02. The van der Waals surface area contributed by atoms with E-state index in [1.165, 1.54) is 18.2 Å². The molecule has 5 heteroatoms. The zero-order valence-corrected chi connectivity index (χ0v) is 12.4. The van der Waals surface area contributed by atoms with Crippen molar-refractivity contribution < 1.29 is 8.78 Å². The Morgan fingerprint density at radius 2 is 1.78 bits per heavy atom. The van der Waals surface area contributed by atoms with E-state index in [2.05, 4.69) is 37.2 Å². The monoisotopic (exact) mass is 375 g/mol. The molecule has 0 spiro atoms. The first-order valence-corrected chi connectivity index (χ1v) is 6.78. The SMILES string of the molecule is Fc1ccc(NCc2ccc(Br)cc2F)c(Br)c1. The van der Waals surface area contributed by atoms with Gasteiger partial charge in [0, 0.05) is 26.7 Å².